The number of amides is 3. The predicted octanol–water partition coefficient (Wildman–Crippen LogP) is 1.63. The number of thiophene rings is 1. The van der Waals surface area contributed by atoms with Crippen molar-refractivity contribution >= 4 is 29.2 Å². The van der Waals surface area contributed by atoms with Gasteiger partial charge in [0.25, 0.3) is 5.91 Å². The van der Waals surface area contributed by atoms with Crippen LogP contribution in [0.25, 0.3) is 0 Å². The molecule has 0 saturated heterocycles. The lowest BCUT2D eigenvalue weighted by molar-refractivity contribution is -0.127. The molecule has 0 spiro atoms. The van der Waals surface area contributed by atoms with E-state index in [1.165, 1.54) is 35.7 Å². The first-order valence-corrected chi connectivity index (χ1v) is 7.68. The molecule has 1 heterocycles. The van der Waals surface area contributed by atoms with Crippen molar-refractivity contribution < 1.29 is 19.1 Å². The highest BCUT2D eigenvalue weighted by atomic mass is 32.1. The maximum atomic E-state index is 12.0. The highest BCUT2D eigenvalue weighted by molar-refractivity contribution is 7.14. The van der Waals surface area contributed by atoms with Crippen molar-refractivity contribution in [3.8, 4) is 0 Å². The van der Waals surface area contributed by atoms with E-state index in [0.717, 1.165) is 25.7 Å². The summed E-state index contributed by atoms with van der Waals surface area (Å²) in [6.45, 7) is 1.43. The Morgan fingerprint density at radius 1 is 1.29 bits per heavy atom. The topological polar surface area (TPSA) is 84.5 Å². The summed E-state index contributed by atoms with van der Waals surface area (Å²) in [5.41, 5.74) is 1.21. The molecule has 0 bridgehead atoms. The molecule has 6 nitrogen and oxygen atoms in total. The average molecular weight is 310 g/mol. The summed E-state index contributed by atoms with van der Waals surface area (Å²) in [5.74, 6) is -1.17. The minimum atomic E-state index is -1.02. The van der Waals surface area contributed by atoms with Gasteiger partial charge in [-0.2, -0.15) is 0 Å². The maximum Gasteiger partial charge on any atom is 0.349 e. The third kappa shape index (κ3) is 3.81. The fourth-order valence-electron chi connectivity index (χ4n) is 2.14. The summed E-state index contributed by atoms with van der Waals surface area (Å²) in [7, 11) is 1.40. The van der Waals surface area contributed by atoms with Crippen LogP contribution in [0, 0.1) is 0 Å². The predicted molar refractivity (Wildman–Crippen MR) is 78.4 cm³/mol. The molecule has 21 heavy (non-hydrogen) atoms. The Labute approximate surface area is 126 Å². The molecule has 2 rings (SSSR count). The molecule has 1 aromatic heterocycles. The van der Waals surface area contributed by atoms with Crippen molar-refractivity contribution in [1.82, 2.24) is 10.6 Å². The van der Waals surface area contributed by atoms with E-state index in [-0.39, 0.29) is 0 Å². The highest BCUT2D eigenvalue weighted by Gasteiger charge is 2.23. The van der Waals surface area contributed by atoms with Gasteiger partial charge in [0.15, 0.2) is 6.10 Å². The van der Waals surface area contributed by atoms with E-state index < -0.39 is 24.0 Å². The van der Waals surface area contributed by atoms with Crippen LogP contribution in [-0.4, -0.2) is 31.1 Å². The molecular weight excluding hydrogens is 292 g/mol. The Kier molecular flexibility index (Phi) is 4.95. The van der Waals surface area contributed by atoms with Gasteiger partial charge in [-0.25, -0.2) is 9.59 Å². The molecule has 0 fully saturated rings. The average Bonchev–Trinajstić information content (AvgIpc) is 2.90. The maximum absolute atomic E-state index is 12.0. The minimum absolute atomic E-state index is 0.515. The molecule has 3 amide bonds. The molecular formula is C14H18N2O4S. The Morgan fingerprint density at radius 3 is 2.67 bits per heavy atom. The van der Waals surface area contributed by atoms with Gasteiger partial charge in [-0.05, 0) is 44.2 Å². The van der Waals surface area contributed by atoms with E-state index in [1.807, 2.05) is 6.07 Å². The van der Waals surface area contributed by atoms with Gasteiger partial charge in [-0.3, -0.25) is 10.1 Å². The molecule has 7 heteroatoms. The fourth-order valence-corrected chi connectivity index (χ4v) is 3.28. The van der Waals surface area contributed by atoms with Gasteiger partial charge in [-0.15, -0.1) is 11.3 Å². The molecule has 1 aliphatic rings. The molecule has 0 radical (unpaired) electrons. The van der Waals surface area contributed by atoms with Crippen LogP contribution in [0.1, 0.15) is 39.9 Å². The number of fused-ring (bicyclic) bond motifs is 1. The van der Waals surface area contributed by atoms with Crippen LogP contribution in [0.5, 0.6) is 0 Å². The minimum Gasteiger partial charge on any atom is -0.448 e. The van der Waals surface area contributed by atoms with Crippen molar-refractivity contribution in [2.75, 3.05) is 7.05 Å². The number of carbonyl (C=O) groups is 3. The van der Waals surface area contributed by atoms with Crippen LogP contribution < -0.4 is 10.6 Å². The standard InChI is InChI=1S/C14H18N2O4S/c1-8(12(17)16-14(19)15-2)20-13(18)11-7-9-5-3-4-6-10(9)21-11/h7-8H,3-6H2,1-2H3,(H2,15,16,17,19)/t8-/m1/s1. The Bertz CT molecular complexity index is 544. The van der Waals surface area contributed by atoms with E-state index in [4.69, 9.17) is 4.74 Å². The number of esters is 1. The number of aryl methyl sites for hydroxylation is 2. The van der Waals surface area contributed by atoms with Crippen molar-refractivity contribution in [1.29, 1.82) is 0 Å². The molecule has 0 aromatic carbocycles. The summed E-state index contributed by atoms with van der Waals surface area (Å²) in [6, 6.07) is 1.22. The van der Waals surface area contributed by atoms with Crippen LogP contribution in [0.2, 0.25) is 0 Å². The van der Waals surface area contributed by atoms with Gasteiger partial charge in [0, 0.05) is 11.9 Å². The lowest BCUT2D eigenvalue weighted by Gasteiger charge is -2.11. The first kappa shape index (κ1) is 15.5. The Hall–Kier alpha value is -1.89. The van der Waals surface area contributed by atoms with Gasteiger partial charge >= 0.3 is 12.0 Å². The lowest BCUT2D eigenvalue weighted by atomic mass is 9.99. The fraction of sp³-hybridized carbons (Fsp3) is 0.500. The van der Waals surface area contributed by atoms with Crippen LogP contribution in [0.15, 0.2) is 6.07 Å². The molecule has 1 aliphatic carbocycles. The van der Waals surface area contributed by atoms with Gasteiger partial charge in [0.05, 0.1) is 0 Å². The van der Waals surface area contributed by atoms with Gasteiger partial charge in [0.1, 0.15) is 4.88 Å². The third-order valence-electron chi connectivity index (χ3n) is 3.31. The lowest BCUT2D eigenvalue weighted by Crippen LogP contribution is -2.43. The first-order chi connectivity index (χ1) is 10.0. The van der Waals surface area contributed by atoms with Crippen molar-refractivity contribution in [2.45, 2.75) is 38.7 Å². The Balaban J connectivity index is 1.96. The van der Waals surface area contributed by atoms with E-state index in [2.05, 4.69) is 10.6 Å². The quantitative estimate of drug-likeness (QED) is 0.831. The van der Waals surface area contributed by atoms with E-state index in [1.54, 1.807) is 0 Å². The summed E-state index contributed by atoms with van der Waals surface area (Å²) in [4.78, 5) is 36.4. The summed E-state index contributed by atoms with van der Waals surface area (Å²) in [5, 5.41) is 4.33. The van der Waals surface area contributed by atoms with Crippen molar-refractivity contribution in [3.05, 3.63) is 21.4 Å². The molecule has 1 atom stereocenters. The largest absolute Gasteiger partial charge is 0.448 e. The van der Waals surface area contributed by atoms with Gasteiger partial charge in [0.2, 0.25) is 0 Å². The van der Waals surface area contributed by atoms with E-state index in [0.29, 0.717) is 4.88 Å². The Morgan fingerprint density at radius 2 is 2.00 bits per heavy atom. The second kappa shape index (κ2) is 6.71. The SMILES string of the molecule is CNC(=O)NC(=O)[C@@H](C)OC(=O)c1cc2c(s1)CCCC2. The monoisotopic (exact) mass is 310 g/mol. The summed E-state index contributed by atoms with van der Waals surface area (Å²) < 4.78 is 5.10. The van der Waals surface area contributed by atoms with Crippen LogP contribution in [0.3, 0.4) is 0 Å². The number of imide groups is 1. The smallest absolute Gasteiger partial charge is 0.349 e. The highest BCUT2D eigenvalue weighted by Crippen LogP contribution is 2.30. The molecule has 0 unspecified atom stereocenters. The molecule has 2 N–H and O–H groups in total. The number of hydrogen-bond acceptors (Lipinski definition) is 5. The zero-order valence-corrected chi connectivity index (χ0v) is 12.8. The molecule has 0 saturated carbocycles. The molecule has 114 valence electrons. The zero-order chi connectivity index (χ0) is 15.4. The van der Waals surface area contributed by atoms with Crippen LogP contribution in [0.4, 0.5) is 4.79 Å². The van der Waals surface area contributed by atoms with Gasteiger partial charge < -0.3 is 10.1 Å². The molecule has 1 aromatic rings. The molecule has 0 aliphatic heterocycles. The van der Waals surface area contributed by atoms with Gasteiger partial charge in [-0.1, -0.05) is 0 Å². The summed E-state index contributed by atoms with van der Waals surface area (Å²) >= 11 is 1.43. The number of nitrogens with one attached hydrogen (secondary N) is 2. The number of ether oxygens (including phenoxy) is 1. The van der Waals surface area contributed by atoms with Crippen LogP contribution >= 0.6 is 11.3 Å². The van der Waals surface area contributed by atoms with E-state index in [9.17, 15) is 14.4 Å². The van der Waals surface area contributed by atoms with Crippen molar-refractivity contribution in [2.24, 2.45) is 0 Å². The number of rotatable bonds is 3. The number of hydrogen-bond donors (Lipinski definition) is 2. The van der Waals surface area contributed by atoms with Crippen LogP contribution in [-0.2, 0) is 22.4 Å². The first-order valence-electron chi connectivity index (χ1n) is 6.86. The summed E-state index contributed by atoms with van der Waals surface area (Å²) in [6.07, 6.45) is 3.26. The van der Waals surface area contributed by atoms with Crippen molar-refractivity contribution in [3.63, 3.8) is 0 Å². The zero-order valence-electron chi connectivity index (χ0n) is 12.0. The third-order valence-corrected chi connectivity index (χ3v) is 4.53. The number of urea groups is 1. The number of carbonyl (C=O) groups excluding carboxylic acids is 3. The second-order valence-corrected chi connectivity index (χ2v) is 6.02. The normalized spacial score (nSPS) is 14.8. The second-order valence-electron chi connectivity index (χ2n) is 4.88. The van der Waals surface area contributed by atoms with E-state index >= 15 is 0 Å².